The number of aryl methyl sites for hydroxylation is 1. The van der Waals surface area contributed by atoms with Crippen molar-refractivity contribution in [2.45, 2.75) is 13.3 Å². The van der Waals surface area contributed by atoms with Gasteiger partial charge in [-0.25, -0.2) is 4.68 Å². The summed E-state index contributed by atoms with van der Waals surface area (Å²) in [4.78, 5) is 0. The summed E-state index contributed by atoms with van der Waals surface area (Å²) in [5.74, 6) is 0. The molecular weight excluding hydrogens is 200 g/mol. The lowest BCUT2D eigenvalue weighted by molar-refractivity contribution is 0.842. The van der Waals surface area contributed by atoms with Gasteiger partial charge in [-0.05, 0) is 30.7 Å². The van der Waals surface area contributed by atoms with Gasteiger partial charge in [0.05, 0.1) is 23.1 Å². The number of aromatic amines is 1. The third kappa shape index (κ3) is 1.39. The zero-order valence-electron chi connectivity index (χ0n) is 9.01. The highest BCUT2D eigenvalue weighted by Gasteiger charge is 2.01. The average molecular weight is 212 g/mol. The quantitative estimate of drug-likeness (QED) is 0.708. The van der Waals surface area contributed by atoms with Crippen molar-refractivity contribution in [1.29, 1.82) is 0 Å². The molecule has 0 unspecified atom stereocenters. The minimum absolute atomic E-state index is 0.959. The summed E-state index contributed by atoms with van der Waals surface area (Å²) in [5.41, 5.74) is 3.22. The van der Waals surface area contributed by atoms with Crippen LogP contribution in [0.1, 0.15) is 12.6 Å². The summed E-state index contributed by atoms with van der Waals surface area (Å²) in [6.07, 6.45) is 4.77. The molecule has 0 saturated heterocycles. The lowest BCUT2D eigenvalue weighted by Gasteiger charge is -2.00. The number of hydrogen-bond acceptors (Lipinski definition) is 2. The molecule has 4 nitrogen and oxygen atoms in total. The van der Waals surface area contributed by atoms with E-state index < -0.39 is 0 Å². The molecule has 0 amide bonds. The zero-order chi connectivity index (χ0) is 11.0. The average Bonchev–Trinajstić information content (AvgIpc) is 2.96. The second-order valence-electron chi connectivity index (χ2n) is 3.75. The maximum Gasteiger partial charge on any atom is 0.0653 e. The van der Waals surface area contributed by atoms with Crippen molar-refractivity contribution < 1.29 is 0 Å². The largest absolute Gasteiger partial charge is 0.278 e. The maximum absolute atomic E-state index is 4.48. The first-order valence-electron chi connectivity index (χ1n) is 5.35. The summed E-state index contributed by atoms with van der Waals surface area (Å²) in [5, 5.41) is 12.5. The van der Waals surface area contributed by atoms with Gasteiger partial charge in [-0.2, -0.15) is 10.2 Å². The molecule has 4 heteroatoms. The molecule has 3 aromatic rings. The Morgan fingerprint density at radius 3 is 3.06 bits per heavy atom. The van der Waals surface area contributed by atoms with Crippen LogP contribution in [0.4, 0.5) is 0 Å². The SMILES string of the molecule is CCc1ccn(-c2ccc3[nH]ncc3c2)n1. The lowest BCUT2D eigenvalue weighted by Crippen LogP contribution is -1.95. The molecule has 3 rings (SSSR count). The van der Waals surface area contributed by atoms with Crippen molar-refractivity contribution >= 4 is 10.9 Å². The van der Waals surface area contributed by atoms with Crippen molar-refractivity contribution in [3.05, 3.63) is 42.4 Å². The first-order chi connectivity index (χ1) is 7.86. The predicted octanol–water partition coefficient (Wildman–Crippen LogP) is 2.31. The van der Waals surface area contributed by atoms with Crippen molar-refractivity contribution in [1.82, 2.24) is 20.0 Å². The monoisotopic (exact) mass is 212 g/mol. The Bertz CT molecular complexity index is 621. The summed E-state index contributed by atoms with van der Waals surface area (Å²) < 4.78 is 1.89. The molecule has 0 aliphatic carbocycles. The molecule has 1 N–H and O–H groups in total. The van der Waals surface area contributed by atoms with Crippen LogP contribution in [0.2, 0.25) is 0 Å². The predicted molar refractivity (Wildman–Crippen MR) is 62.6 cm³/mol. The maximum atomic E-state index is 4.48. The number of aromatic nitrogens is 4. The van der Waals surface area contributed by atoms with Crippen LogP contribution in [0.3, 0.4) is 0 Å². The van der Waals surface area contributed by atoms with E-state index in [1.54, 1.807) is 0 Å². The van der Waals surface area contributed by atoms with Crippen LogP contribution in [-0.4, -0.2) is 20.0 Å². The molecule has 1 aromatic carbocycles. The summed E-state index contributed by atoms with van der Waals surface area (Å²) >= 11 is 0. The van der Waals surface area contributed by atoms with Gasteiger partial charge in [0.15, 0.2) is 0 Å². The van der Waals surface area contributed by atoms with E-state index >= 15 is 0 Å². The van der Waals surface area contributed by atoms with Gasteiger partial charge in [0.1, 0.15) is 0 Å². The van der Waals surface area contributed by atoms with E-state index in [1.807, 2.05) is 35.3 Å². The van der Waals surface area contributed by atoms with Gasteiger partial charge in [-0.15, -0.1) is 0 Å². The summed E-state index contributed by atoms with van der Waals surface area (Å²) in [6, 6.07) is 8.17. The molecular formula is C12H12N4. The number of nitrogens with zero attached hydrogens (tertiary/aromatic N) is 3. The van der Waals surface area contributed by atoms with Gasteiger partial charge in [-0.1, -0.05) is 6.92 Å². The number of benzene rings is 1. The Morgan fingerprint density at radius 2 is 2.25 bits per heavy atom. The van der Waals surface area contributed by atoms with Gasteiger partial charge in [-0.3, -0.25) is 5.10 Å². The molecule has 2 aromatic heterocycles. The fraction of sp³-hybridized carbons (Fsp3) is 0.167. The van der Waals surface area contributed by atoms with Crippen molar-refractivity contribution in [3.8, 4) is 5.69 Å². The third-order valence-corrected chi connectivity index (χ3v) is 2.69. The number of H-pyrrole nitrogens is 1. The molecule has 0 radical (unpaired) electrons. The highest BCUT2D eigenvalue weighted by Crippen LogP contribution is 2.16. The van der Waals surface area contributed by atoms with Crippen LogP contribution in [0.25, 0.3) is 16.6 Å². The van der Waals surface area contributed by atoms with Gasteiger partial charge in [0.25, 0.3) is 0 Å². The molecule has 0 aliphatic rings. The van der Waals surface area contributed by atoms with Gasteiger partial charge >= 0.3 is 0 Å². The van der Waals surface area contributed by atoms with Crippen LogP contribution in [-0.2, 0) is 6.42 Å². The highest BCUT2D eigenvalue weighted by atomic mass is 15.3. The first-order valence-corrected chi connectivity index (χ1v) is 5.35. The second-order valence-corrected chi connectivity index (χ2v) is 3.75. The Labute approximate surface area is 92.9 Å². The van der Waals surface area contributed by atoms with Crippen LogP contribution < -0.4 is 0 Å². The summed E-state index contributed by atoms with van der Waals surface area (Å²) in [6.45, 7) is 2.10. The molecule has 0 bridgehead atoms. The minimum Gasteiger partial charge on any atom is -0.278 e. The molecule has 0 aliphatic heterocycles. The fourth-order valence-electron chi connectivity index (χ4n) is 1.77. The lowest BCUT2D eigenvalue weighted by atomic mass is 10.2. The molecule has 2 heterocycles. The van der Waals surface area contributed by atoms with E-state index in [1.165, 1.54) is 0 Å². The van der Waals surface area contributed by atoms with Gasteiger partial charge in [0.2, 0.25) is 0 Å². The Hall–Kier alpha value is -2.10. The molecule has 80 valence electrons. The van der Waals surface area contributed by atoms with Crippen LogP contribution in [0.15, 0.2) is 36.7 Å². The highest BCUT2D eigenvalue weighted by molar-refractivity contribution is 5.80. The molecule has 16 heavy (non-hydrogen) atoms. The van der Waals surface area contributed by atoms with Crippen molar-refractivity contribution in [3.63, 3.8) is 0 Å². The topological polar surface area (TPSA) is 46.5 Å². The van der Waals surface area contributed by atoms with Crippen molar-refractivity contribution in [2.24, 2.45) is 0 Å². The number of fused-ring (bicyclic) bond motifs is 1. The van der Waals surface area contributed by atoms with E-state index in [0.717, 1.165) is 28.7 Å². The minimum atomic E-state index is 0.959. The summed E-state index contributed by atoms with van der Waals surface area (Å²) in [7, 11) is 0. The fourth-order valence-corrected chi connectivity index (χ4v) is 1.77. The van der Waals surface area contributed by atoms with E-state index in [9.17, 15) is 0 Å². The zero-order valence-corrected chi connectivity index (χ0v) is 9.01. The Morgan fingerprint density at radius 1 is 1.31 bits per heavy atom. The normalized spacial score (nSPS) is 11.1. The molecule has 0 atom stereocenters. The van der Waals surface area contributed by atoms with Gasteiger partial charge < -0.3 is 0 Å². The van der Waals surface area contributed by atoms with Crippen LogP contribution in [0.5, 0.6) is 0 Å². The van der Waals surface area contributed by atoms with Crippen LogP contribution in [0, 0.1) is 0 Å². The smallest absolute Gasteiger partial charge is 0.0653 e. The molecule has 0 fully saturated rings. The second kappa shape index (κ2) is 3.48. The Kier molecular flexibility index (Phi) is 1.99. The molecule has 0 saturated carbocycles. The Balaban J connectivity index is 2.10. The first kappa shape index (κ1) is 9.15. The van der Waals surface area contributed by atoms with E-state index in [-0.39, 0.29) is 0 Å². The number of nitrogens with one attached hydrogen (secondary N) is 1. The van der Waals surface area contributed by atoms with Crippen LogP contribution >= 0.6 is 0 Å². The van der Waals surface area contributed by atoms with E-state index in [2.05, 4.69) is 28.3 Å². The third-order valence-electron chi connectivity index (χ3n) is 2.69. The number of hydrogen-bond donors (Lipinski definition) is 1. The number of rotatable bonds is 2. The standard InChI is InChI=1S/C12H12N4/c1-2-10-5-6-16(15-10)11-3-4-12-9(7-11)8-13-14-12/h3-8H,2H2,1H3,(H,13,14). The van der Waals surface area contributed by atoms with Crippen molar-refractivity contribution in [2.75, 3.05) is 0 Å². The molecule has 0 spiro atoms. The van der Waals surface area contributed by atoms with E-state index in [0.29, 0.717) is 0 Å². The van der Waals surface area contributed by atoms with E-state index in [4.69, 9.17) is 0 Å². The van der Waals surface area contributed by atoms with Gasteiger partial charge in [0, 0.05) is 11.6 Å².